The third kappa shape index (κ3) is 4.34. The van der Waals surface area contributed by atoms with E-state index in [9.17, 15) is 0 Å². The first-order chi connectivity index (χ1) is 21.9. The number of rotatable bonds is 5. The van der Waals surface area contributed by atoms with Crippen molar-refractivity contribution in [3.63, 3.8) is 0 Å². The molecule has 1 aliphatic carbocycles. The summed E-state index contributed by atoms with van der Waals surface area (Å²) in [7, 11) is 0. The maximum atomic E-state index is 17.2. The number of fused-ring (bicyclic) bond motifs is 4. The van der Waals surface area contributed by atoms with Crippen LogP contribution in [0.5, 0.6) is 11.9 Å². The van der Waals surface area contributed by atoms with Gasteiger partial charge in [0.05, 0.1) is 29.9 Å². The molecule has 1 aromatic carbocycles. The first-order valence-electron chi connectivity index (χ1n) is 16.0. The van der Waals surface area contributed by atoms with Crippen LogP contribution in [0.15, 0.2) is 24.4 Å². The van der Waals surface area contributed by atoms with E-state index in [2.05, 4.69) is 33.5 Å². The van der Waals surface area contributed by atoms with E-state index in [1.54, 1.807) is 6.20 Å². The van der Waals surface area contributed by atoms with Gasteiger partial charge < -0.3 is 19.1 Å². The van der Waals surface area contributed by atoms with Gasteiger partial charge in [-0.3, -0.25) is 10.00 Å². The van der Waals surface area contributed by atoms with E-state index in [1.807, 2.05) is 6.07 Å². The van der Waals surface area contributed by atoms with Crippen molar-refractivity contribution in [2.24, 2.45) is 0 Å². The zero-order valence-electron chi connectivity index (χ0n) is 25.2. The highest BCUT2D eigenvalue weighted by atomic mass is 35.5. The van der Waals surface area contributed by atoms with Gasteiger partial charge in [-0.15, -0.1) is 0 Å². The van der Waals surface area contributed by atoms with Gasteiger partial charge in [-0.2, -0.15) is 15.1 Å². The normalized spacial score (nSPS) is 26.6. The predicted octanol–water partition coefficient (Wildman–Crippen LogP) is 5.79. The maximum absolute atomic E-state index is 17.2. The molecule has 234 valence electrons. The summed E-state index contributed by atoms with van der Waals surface area (Å²) in [6, 6.07) is 1.95. The molecule has 1 N–H and O–H groups in total. The number of H-pyrrole nitrogens is 1. The first kappa shape index (κ1) is 27.7. The zero-order valence-corrected chi connectivity index (χ0v) is 26.0. The van der Waals surface area contributed by atoms with E-state index in [0.717, 1.165) is 68.1 Å². The van der Waals surface area contributed by atoms with Crippen molar-refractivity contribution in [3.05, 3.63) is 40.8 Å². The molecular weight excluding hydrogens is 597 g/mol. The van der Waals surface area contributed by atoms with Crippen molar-refractivity contribution in [3.8, 4) is 23.1 Å². The molecule has 10 nitrogen and oxygen atoms in total. The van der Waals surface area contributed by atoms with E-state index in [0.29, 0.717) is 54.1 Å². The minimum Gasteiger partial charge on any atom is -0.475 e. The van der Waals surface area contributed by atoms with Crippen LogP contribution in [0.1, 0.15) is 56.9 Å². The molecule has 3 atom stereocenters. The van der Waals surface area contributed by atoms with Crippen LogP contribution in [0.25, 0.3) is 33.1 Å². The fourth-order valence-electron chi connectivity index (χ4n) is 8.11. The summed E-state index contributed by atoms with van der Waals surface area (Å²) < 4.78 is 36.1. The van der Waals surface area contributed by atoms with Crippen LogP contribution in [-0.4, -0.2) is 87.2 Å². The fourth-order valence-corrected chi connectivity index (χ4v) is 8.47. The molecule has 12 heteroatoms. The van der Waals surface area contributed by atoms with Crippen LogP contribution in [0.3, 0.4) is 0 Å². The van der Waals surface area contributed by atoms with Gasteiger partial charge in [0.1, 0.15) is 35.6 Å². The molecule has 3 saturated heterocycles. The van der Waals surface area contributed by atoms with Gasteiger partial charge in [0.25, 0.3) is 0 Å². The first-order valence-corrected chi connectivity index (χ1v) is 16.4. The quantitative estimate of drug-likeness (QED) is 0.274. The second-order valence-electron chi connectivity index (χ2n) is 13.4. The van der Waals surface area contributed by atoms with Crippen molar-refractivity contribution < 1.29 is 18.6 Å². The van der Waals surface area contributed by atoms with Crippen molar-refractivity contribution in [1.82, 2.24) is 30.0 Å². The van der Waals surface area contributed by atoms with Crippen LogP contribution in [0, 0.1) is 5.82 Å². The number of anilines is 1. The van der Waals surface area contributed by atoms with Gasteiger partial charge in [0, 0.05) is 35.2 Å². The van der Waals surface area contributed by atoms with E-state index >= 15 is 4.39 Å². The number of halogens is 2. The number of nitrogens with zero attached hydrogens (tertiary/aromatic N) is 6. The summed E-state index contributed by atoms with van der Waals surface area (Å²) in [5.74, 6) is 0.551. The molecule has 4 aromatic rings. The highest BCUT2D eigenvalue weighted by molar-refractivity contribution is 6.33. The molecule has 0 radical (unpaired) electrons. The lowest BCUT2D eigenvalue weighted by Crippen LogP contribution is -2.46. The molecule has 0 amide bonds. The third-order valence-corrected chi connectivity index (χ3v) is 10.7. The van der Waals surface area contributed by atoms with Crippen molar-refractivity contribution in [1.29, 1.82) is 0 Å². The number of hydrogen-bond donors (Lipinski definition) is 1. The number of pyridine rings is 1. The van der Waals surface area contributed by atoms with E-state index < -0.39 is 5.82 Å². The number of nitrogens with one attached hydrogen (secondary N) is 1. The highest BCUT2D eigenvalue weighted by Gasteiger charge is 2.47. The highest BCUT2D eigenvalue weighted by Crippen LogP contribution is 2.51. The number of ether oxygens (including phenoxy) is 3. The Hall–Kier alpha value is -3.54. The van der Waals surface area contributed by atoms with Gasteiger partial charge in [-0.05, 0) is 69.5 Å². The topological polar surface area (TPSA) is 102 Å². The standard InChI is InChI=1S/C33H35ClFN7O3/c1-17-11-33(7-3-8-41(33)13-17)16-45-32-38-29-26-30(39-32)42-18(2)6-9-43-14-20(42)15-44-31(26)37-28(27(29)35)25-21-12-36-40-23(21)10-22(34)24(25)19-4-5-19/h10,12,18-20H,1,3-9,11,13-16H2,2H3,(H,36,40)/t18-,20-,33-/m0/s1. The molecule has 4 aliphatic heterocycles. The summed E-state index contributed by atoms with van der Waals surface area (Å²) in [4.78, 5) is 19.3. The number of hydrogen-bond acceptors (Lipinski definition) is 9. The van der Waals surface area contributed by atoms with Gasteiger partial charge in [0.15, 0.2) is 5.82 Å². The molecule has 3 aromatic heterocycles. The van der Waals surface area contributed by atoms with Crippen molar-refractivity contribution in [2.45, 2.75) is 69.0 Å². The molecule has 4 fully saturated rings. The largest absolute Gasteiger partial charge is 0.475 e. The predicted molar refractivity (Wildman–Crippen MR) is 169 cm³/mol. The number of aromatic amines is 1. The Morgan fingerprint density at radius 2 is 2.11 bits per heavy atom. The minimum atomic E-state index is -0.551. The maximum Gasteiger partial charge on any atom is 0.319 e. The zero-order chi connectivity index (χ0) is 30.4. The number of benzene rings is 1. The van der Waals surface area contributed by atoms with Gasteiger partial charge in [-0.1, -0.05) is 23.8 Å². The Labute approximate surface area is 264 Å². The van der Waals surface area contributed by atoms with Gasteiger partial charge in [0.2, 0.25) is 5.88 Å². The van der Waals surface area contributed by atoms with Crippen molar-refractivity contribution >= 4 is 39.2 Å². The smallest absolute Gasteiger partial charge is 0.319 e. The molecule has 0 bridgehead atoms. The van der Waals surface area contributed by atoms with E-state index in [-0.39, 0.29) is 40.8 Å². The monoisotopic (exact) mass is 631 g/mol. The Morgan fingerprint density at radius 1 is 1.22 bits per heavy atom. The lowest BCUT2D eigenvalue weighted by atomic mass is 9.94. The molecule has 0 unspecified atom stereocenters. The summed E-state index contributed by atoms with van der Waals surface area (Å²) in [6.45, 7) is 10.1. The van der Waals surface area contributed by atoms with Crippen molar-refractivity contribution in [2.75, 3.05) is 44.4 Å². The minimum absolute atomic E-state index is 0.0720. The number of aromatic nitrogens is 5. The molecule has 9 rings (SSSR count). The van der Waals surface area contributed by atoms with E-state index in [1.165, 1.54) is 5.57 Å². The lowest BCUT2D eigenvalue weighted by molar-refractivity contribution is 0.108. The lowest BCUT2D eigenvalue weighted by Gasteiger charge is -2.34. The van der Waals surface area contributed by atoms with Gasteiger partial charge in [-0.25, -0.2) is 9.37 Å². The second-order valence-corrected chi connectivity index (χ2v) is 13.8. The molecule has 1 saturated carbocycles. The van der Waals surface area contributed by atoms with E-state index in [4.69, 9.17) is 40.8 Å². The molecule has 7 heterocycles. The fraction of sp³-hybridized carbons (Fsp3) is 0.515. The van der Waals surface area contributed by atoms with Crippen LogP contribution in [0.4, 0.5) is 10.2 Å². The van der Waals surface area contributed by atoms with Crippen LogP contribution in [0.2, 0.25) is 5.02 Å². The second kappa shape index (κ2) is 10.2. The average Bonchev–Trinajstić information content (AvgIpc) is 3.60. The summed E-state index contributed by atoms with van der Waals surface area (Å²) in [5, 5.41) is 9.04. The molecule has 5 aliphatic rings. The molecule has 45 heavy (non-hydrogen) atoms. The molecular formula is C33H35ClFN7O3. The Morgan fingerprint density at radius 3 is 2.98 bits per heavy atom. The summed E-state index contributed by atoms with van der Waals surface area (Å²) >= 11 is 6.85. The third-order valence-electron chi connectivity index (χ3n) is 10.4. The summed E-state index contributed by atoms with van der Waals surface area (Å²) in [6.07, 6.45) is 7.50. The Bertz CT molecular complexity index is 1880. The summed E-state index contributed by atoms with van der Waals surface area (Å²) in [5.41, 5.74) is 3.61. The Balaban J connectivity index is 1.25. The van der Waals surface area contributed by atoms with Crippen LogP contribution >= 0.6 is 11.6 Å². The Kier molecular flexibility index (Phi) is 6.31. The SMILES string of the molecule is C=C1CN2CCC[C@@]2(COc2nc3c4c(nc(-c5c(C6CC6)c(Cl)cc6[nH]ncc56)c(F)c4n2)OC[C@@H]2COCC[C@H](C)N32)C1. The molecule has 0 spiro atoms. The average molecular weight is 632 g/mol. The van der Waals surface area contributed by atoms with Crippen LogP contribution < -0.4 is 14.4 Å². The van der Waals surface area contributed by atoms with Gasteiger partial charge >= 0.3 is 6.01 Å². The van der Waals surface area contributed by atoms with Crippen LogP contribution in [-0.2, 0) is 4.74 Å².